The molecule has 6 nitrogen and oxygen atoms in total. The fraction of sp³-hybridized carbons (Fsp3) is 0.467. The summed E-state index contributed by atoms with van der Waals surface area (Å²) in [5.74, 6) is -0.732. The van der Waals surface area contributed by atoms with Gasteiger partial charge in [-0.25, -0.2) is 4.79 Å². The van der Waals surface area contributed by atoms with Crippen molar-refractivity contribution in [2.24, 2.45) is 0 Å². The maximum Gasteiger partial charge on any atom is 0.334 e. The van der Waals surface area contributed by atoms with Gasteiger partial charge in [0.05, 0.1) is 26.2 Å². The Bertz CT molecular complexity index is 577. The molecule has 1 fully saturated rings. The summed E-state index contributed by atoms with van der Waals surface area (Å²) in [4.78, 5) is 25.0. The second-order valence-electron chi connectivity index (χ2n) is 5.17. The first-order chi connectivity index (χ1) is 10.4. The van der Waals surface area contributed by atoms with Crippen LogP contribution >= 0.6 is 11.6 Å². The Morgan fingerprint density at radius 2 is 2.18 bits per heavy atom. The number of carbonyl (C=O) groups is 2. The molecule has 2 atom stereocenters. The molecule has 0 aliphatic carbocycles. The molecule has 0 saturated carbocycles. The first-order valence-electron chi connectivity index (χ1n) is 6.89. The van der Waals surface area contributed by atoms with Crippen LogP contribution in [0.25, 0.3) is 0 Å². The van der Waals surface area contributed by atoms with E-state index in [1.54, 1.807) is 25.1 Å². The smallest absolute Gasteiger partial charge is 0.334 e. The highest BCUT2D eigenvalue weighted by Crippen LogP contribution is 2.27. The monoisotopic (exact) mass is 327 g/mol. The average Bonchev–Trinajstić information content (AvgIpc) is 2.48. The molecule has 0 spiro atoms. The molecule has 7 heteroatoms. The van der Waals surface area contributed by atoms with Gasteiger partial charge >= 0.3 is 5.97 Å². The van der Waals surface area contributed by atoms with Gasteiger partial charge in [-0.2, -0.15) is 0 Å². The van der Waals surface area contributed by atoms with Gasteiger partial charge in [0.25, 0.3) is 0 Å². The lowest BCUT2D eigenvalue weighted by molar-refractivity contribution is -0.166. The minimum absolute atomic E-state index is 0.0330. The second-order valence-corrected chi connectivity index (χ2v) is 5.58. The minimum Gasteiger partial charge on any atom is -0.496 e. The van der Waals surface area contributed by atoms with E-state index in [0.29, 0.717) is 22.9 Å². The van der Waals surface area contributed by atoms with Crippen LogP contribution < -0.4 is 4.74 Å². The summed E-state index contributed by atoms with van der Waals surface area (Å²) in [5.41, 5.74) is 0.600. The number of ether oxygens (including phenoxy) is 2. The number of hydrogen-bond donors (Lipinski definition) is 1. The van der Waals surface area contributed by atoms with Crippen molar-refractivity contribution >= 4 is 23.5 Å². The number of carbonyl (C=O) groups excluding carboxylic acids is 1. The van der Waals surface area contributed by atoms with Crippen LogP contribution in [0.1, 0.15) is 12.5 Å². The van der Waals surface area contributed by atoms with Crippen molar-refractivity contribution in [2.45, 2.75) is 25.6 Å². The molecular weight excluding hydrogens is 310 g/mol. The van der Waals surface area contributed by atoms with E-state index >= 15 is 0 Å². The van der Waals surface area contributed by atoms with E-state index in [-0.39, 0.29) is 25.0 Å². The summed E-state index contributed by atoms with van der Waals surface area (Å²) >= 11 is 6.13. The number of morpholine rings is 1. The van der Waals surface area contributed by atoms with E-state index in [0.717, 1.165) is 0 Å². The summed E-state index contributed by atoms with van der Waals surface area (Å²) in [6.45, 7) is 2.13. The first kappa shape index (κ1) is 16.6. The maximum absolute atomic E-state index is 12.5. The molecule has 1 N–H and O–H groups in total. The van der Waals surface area contributed by atoms with E-state index in [1.807, 2.05) is 0 Å². The second kappa shape index (κ2) is 6.98. The van der Waals surface area contributed by atoms with Crippen LogP contribution in [0.15, 0.2) is 18.2 Å². The molecule has 2 rings (SSSR count). The van der Waals surface area contributed by atoms with Gasteiger partial charge in [-0.15, -0.1) is 0 Å². The standard InChI is InChI=1S/C15H18ClNO5/c1-9-7-17(8-13(22-9)15(19)20)14(18)6-10-11(16)4-3-5-12(10)21-2/h3-5,9,13H,6-8H2,1-2H3,(H,19,20)/t9-,13?/m1/s1. The molecule has 1 aliphatic heterocycles. The SMILES string of the molecule is COc1cccc(Cl)c1CC(=O)N1CC(C(=O)O)O[C@H](C)C1. The number of aliphatic carboxylic acids is 1. The number of carboxylic acids is 1. The van der Waals surface area contributed by atoms with Crippen LogP contribution in [-0.4, -0.2) is 54.3 Å². The Morgan fingerprint density at radius 1 is 1.45 bits per heavy atom. The molecule has 1 aromatic rings. The molecule has 1 unspecified atom stereocenters. The number of methoxy groups -OCH3 is 1. The summed E-state index contributed by atoms with van der Waals surface area (Å²) in [5, 5.41) is 9.52. The minimum atomic E-state index is -1.07. The molecule has 22 heavy (non-hydrogen) atoms. The van der Waals surface area contributed by atoms with Gasteiger partial charge in [0.2, 0.25) is 5.91 Å². The molecule has 0 aromatic heterocycles. The van der Waals surface area contributed by atoms with Crippen molar-refractivity contribution < 1.29 is 24.2 Å². The van der Waals surface area contributed by atoms with Gasteiger partial charge in [-0.05, 0) is 19.1 Å². The lowest BCUT2D eigenvalue weighted by Gasteiger charge is -2.35. The zero-order chi connectivity index (χ0) is 16.3. The molecule has 1 aromatic carbocycles. The van der Waals surface area contributed by atoms with Crippen molar-refractivity contribution in [1.82, 2.24) is 4.90 Å². The number of amides is 1. The molecule has 1 saturated heterocycles. The predicted octanol–water partition coefficient (Wildman–Crippen LogP) is 1.59. The molecule has 1 amide bonds. The lowest BCUT2D eigenvalue weighted by Crippen LogP contribution is -2.52. The molecule has 1 aliphatic rings. The Hall–Kier alpha value is -1.79. The normalized spacial score (nSPS) is 21.5. The number of nitrogens with zero attached hydrogens (tertiary/aromatic N) is 1. The van der Waals surface area contributed by atoms with Crippen molar-refractivity contribution in [3.63, 3.8) is 0 Å². The number of benzene rings is 1. The highest BCUT2D eigenvalue weighted by molar-refractivity contribution is 6.31. The van der Waals surface area contributed by atoms with E-state index < -0.39 is 12.1 Å². The van der Waals surface area contributed by atoms with Crippen LogP contribution in [0, 0.1) is 0 Å². The van der Waals surface area contributed by atoms with E-state index in [1.165, 1.54) is 12.0 Å². The topological polar surface area (TPSA) is 76.1 Å². The Morgan fingerprint density at radius 3 is 2.82 bits per heavy atom. The third-order valence-corrected chi connectivity index (χ3v) is 3.87. The van der Waals surface area contributed by atoms with Crippen molar-refractivity contribution in [2.75, 3.05) is 20.2 Å². The van der Waals surface area contributed by atoms with Gasteiger partial charge in [0.1, 0.15) is 5.75 Å². The third kappa shape index (κ3) is 3.69. The van der Waals surface area contributed by atoms with Crippen molar-refractivity contribution in [3.8, 4) is 5.75 Å². The quantitative estimate of drug-likeness (QED) is 0.909. The van der Waals surface area contributed by atoms with Gasteiger partial charge in [0.15, 0.2) is 6.10 Å². The molecule has 0 radical (unpaired) electrons. The lowest BCUT2D eigenvalue weighted by atomic mass is 10.1. The highest BCUT2D eigenvalue weighted by Gasteiger charge is 2.32. The van der Waals surface area contributed by atoms with E-state index in [4.69, 9.17) is 26.2 Å². The molecular formula is C15H18ClNO5. The van der Waals surface area contributed by atoms with Crippen LogP contribution in [0.2, 0.25) is 5.02 Å². The highest BCUT2D eigenvalue weighted by atomic mass is 35.5. The van der Waals surface area contributed by atoms with Gasteiger partial charge in [0, 0.05) is 17.1 Å². The van der Waals surface area contributed by atoms with Crippen molar-refractivity contribution in [3.05, 3.63) is 28.8 Å². The van der Waals surface area contributed by atoms with Crippen LogP contribution in [0.3, 0.4) is 0 Å². The van der Waals surface area contributed by atoms with Crippen LogP contribution in [-0.2, 0) is 20.7 Å². The number of halogens is 1. The van der Waals surface area contributed by atoms with E-state index in [9.17, 15) is 9.59 Å². The summed E-state index contributed by atoms with van der Waals surface area (Å²) in [6.07, 6.45) is -1.27. The third-order valence-electron chi connectivity index (χ3n) is 3.51. The average molecular weight is 328 g/mol. The number of hydrogen-bond acceptors (Lipinski definition) is 4. The van der Waals surface area contributed by atoms with Crippen molar-refractivity contribution in [1.29, 1.82) is 0 Å². The number of rotatable bonds is 4. The summed E-state index contributed by atoms with van der Waals surface area (Å²) < 4.78 is 10.5. The fourth-order valence-electron chi connectivity index (χ4n) is 2.46. The predicted molar refractivity (Wildman–Crippen MR) is 80.3 cm³/mol. The van der Waals surface area contributed by atoms with Gasteiger partial charge < -0.3 is 19.5 Å². The van der Waals surface area contributed by atoms with Crippen LogP contribution in [0.5, 0.6) is 5.75 Å². The Balaban J connectivity index is 2.13. The molecule has 120 valence electrons. The summed E-state index contributed by atoms with van der Waals surface area (Å²) in [6, 6.07) is 5.16. The maximum atomic E-state index is 12.5. The molecule has 0 bridgehead atoms. The largest absolute Gasteiger partial charge is 0.496 e. The first-order valence-corrected chi connectivity index (χ1v) is 7.27. The summed E-state index contributed by atoms with van der Waals surface area (Å²) in [7, 11) is 1.51. The fourth-order valence-corrected chi connectivity index (χ4v) is 2.69. The van der Waals surface area contributed by atoms with E-state index in [2.05, 4.69) is 0 Å². The Labute approximate surface area is 133 Å². The van der Waals surface area contributed by atoms with Gasteiger partial charge in [-0.3, -0.25) is 4.79 Å². The van der Waals surface area contributed by atoms with Crippen LogP contribution in [0.4, 0.5) is 0 Å². The van der Waals surface area contributed by atoms with Gasteiger partial charge in [-0.1, -0.05) is 17.7 Å². The molecule has 1 heterocycles. The Kier molecular flexibility index (Phi) is 5.26. The zero-order valence-corrected chi connectivity index (χ0v) is 13.2. The zero-order valence-electron chi connectivity index (χ0n) is 12.4. The number of carboxylic acid groups (broad SMARTS) is 1.